The van der Waals surface area contributed by atoms with Gasteiger partial charge in [-0.25, -0.2) is 0 Å². The molecule has 0 aromatic heterocycles. The number of aliphatic hydroxyl groups excluding tert-OH is 2. The first-order valence-corrected chi connectivity index (χ1v) is 17.3. The van der Waals surface area contributed by atoms with Gasteiger partial charge >= 0.3 is 0 Å². The fourth-order valence-electron chi connectivity index (χ4n) is 6.90. The minimum absolute atomic E-state index is 0.104. The molecule has 8 nitrogen and oxygen atoms in total. The quantitative estimate of drug-likeness (QED) is 0.108. The Labute approximate surface area is 289 Å². The summed E-state index contributed by atoms with van der Waals surface area (Å²) in [6.07, 6.45) is -0.315. The molecule has 1 fully saturated rings. The SMILES string of the molecule is CCOCC(O)COc1ccc(C2(c3ccc(OCC4CO4)c(CC(O)COCC)c3)c3ccccc3-c3ccccc32)cc1CCOC. The molecule has 3 atom stereocenters. The van der Waals surface area contributed by atoms with Gasteiger partial charge in [0.05, 0.1) is 37.9 Å². The maximum Gasteiger partial charge on any atom is 0.122 e. The summed E-state index contributed by atoms with van der Waals surface area (Å²) in [6.45, 7) is 7.16. The van der Waals surface area contributed by atoms with E-state index in [-0.39, 0.29) is 25.9 Å². The molecule has 1 aliphatic heterocycles. The monoisotopic (exact) mass is 668 g/mol. The van der Waals surface area contributed by atoms with E-state index in [1.165, 1.54) is 22.3 Å². The van der Waals surface area contributed by atoms with E-state index in [9.17, 15) is 10.2 Å². The highest BCUT2D eigenvalue weighted by Crippen LogP contribution is 2.56. The molecule has 1 heterocycles. The number of methoxy groups -OCH3 is 1. The lowest BCUT2D eigenvalue weighted by atomic mass is 9.67. The fourth-order valence-corrected chi connectivity index (χ4v) is 6.90. The maximum atomic E-state index is 11.0. The van der Waals surface area contributed by atoms with Crippen LogP contribution < -0.4 is 9.47 Å². The summed E-state index contributed by atoms with van der Waals surface area (Å²) in [5, 5.41) is 21.5. The van der Waals surface area contributed by atoms with Gasteiger partial charge in [-0.1, -0.05) is 72.8 Å². The fraction of sp³-hybridized carbons (Fsp3) is 0.415. The van der Waals surface area contributed by atoms with E-state index in [4.69, 9.17) is 28.4 Å². The molecule has 0 amide bonds. The van der Waals surface area contributed by atoms with Crippen molar-refractivity contribution in [2.24, 2.45) is 0 Å². The molecule has 0 saturated carbocycles. The molecule has 2 aliphatic rings. The van der Waals surface area contributed by atoms with Crippen molar-refractivity contribution in [3.8, 4) is 22.6 Å². The predicted molar refractivity (Wildman–Crippen MR) is 189 cm³/mol. The average molecular weight is 669 g/mol. The number of aliphatic hydroxyl groups is 2. The Bertz CT molecular complexity index is 1640. The summed E-state index contributed by atoms with van der Waals surface area (Å²) in [7, 11) is 1.70. The number of epoxide rings is 1. The topological polar surface area (TPSA) is 99.1 Å². The van der Waals surface area contributed by atoms with Crippen LogP contribution in [-0.2, 0) is 37.2 Å². The first-order chi connectivity index (χ1) is 24.0. The van der Waals surface area contributed by atoms with E-state index in [0.717, 1.165) is 28.0 Å². The summed E-state index contributed by atoms with van der Waals surface area (Å²) < 4.78 is 34.4. The van der Waals surface area contributed by atoms with Gasteiger partial charge in [0.25, 0.3) is 0 Å². The number of benzene rings is 4. The zero-order valence-electron chi connectivity index (χ0n) is 28.7. The lowest BCUT2D eigenvalue weighted by Crippen LogP contribution is -2.29. The second-order valence-corrected chi connectivity index (χ2v) is 12.6. The van der Waals surface area contributed by atoms with E-state index in [1.807, 2.05) is 26.0 Å². The van der Waals surface area contributed by atoms with Crippen LogP contribution in [0.25, 0.3) is 11.1 Å². The van der Waals surface area contributed by atoms with Crippen LogP contribution in [0, 0.1) is 0 Å². The van der Waals surface area contributed by atoms with Crippen molar-refractivity contribution in [3.05, 3.63) is 118 Å². The molecule has 49 heavy (non-hydrogen) atoms. The first-order valence-electron chi connectivity index (χ1n) is 17.3. The molecule has 260 valence electrons. The van der Waals surface area contributed by atoms with Gasteiger partial charge < -0.3 is 38.6 Å². The summed E-state index contributed by atoms with van der Waals surface area (Å²) in [5.74, 6) is 1.44. The number of ether oxygens (including phenoxy) is 6. The van der Waals surface area contributed by atoms with Crippen molar-refractivity contribution in [2.75, 3.05) is 60.0 Å². The second kappa shape index (κ2) is 16.3. The van der Waals surface area contributed by atoms with Crippen LogP contribution in [0.1, 0.15) is 47.2 Å². The molecule has 0 radical (unpaired) electrons. The Hall–Kier alpha value is -3.76. The van der Waals surface area contributed by atoms with Gasteiger partial charge in [-0.05, 0) is 76.9 Å². The van der Waals surface area contributed by atoms with Crippen LogP contribution in [-0.4, -0.2) is 88.5 Å². The van der Waals surface area contributed by atoms with Crippen LogP contribution in [0.15, 0.2) is 84.9 Å². The van der Waals surface area contributed by atoms with Crippen molar-refractivity contribution >= 4 is 0 Å². The van der Waals surface area contributed by atoms with Crippen LogP contribution in [0.5, 0.6) is 11.5 Å². The third-order valence-corrected chi connectivity index (χ3v) is 9.26. The van der Waals surface area contributed by atoms with Gasteiger partial charge in [0.2, 0.25) is 0 Å². The molecular formula is C41H48O8. The molecule has 0 spiro atoms. The molecule has 4 aromatic rings. The largest absolute Gasteiger partial charge is 0.491 e. The summed E-state index contributed by atoms with van der Waals surface area (Å²) in [6, 6.07) is 30.0. The summed E-state index contributed by atoms with van der Waals surface area (Å²) in [5.41, 5.74) is 8.08. The standard InChI is InChI=1S/C41H48O8/c1-4-45-23-32(42)22-29-21-31(15-17-40(29)49-27-34-26-47-34)41(37-12-8-6-10-35(37)36-11-7-9-13-38(36)41)30-14-16-39(28(20-30)18-19-44-3)48-25-33(43)24-46-5-2/h6-17,20-21,32-34,42-43H,4-5,18-19,22-27H2,1-3H3. The van der Waals surface area contributed by atoms with E-state index in [2.05, 4.69) is 72.8 Å². The van der Waals surface area contributed by atoms with Gasteiger partial charge in [0, 0.05) is 26.7 Å². The van der Waals surface area contributed by atoms with Crippen molar-refractivity contribution in [3.63, 3.8) is 0 Å². The Morgan fingerprint density at radius 3 is 1.90 bits per heavy atom. The van der Waals surface area contributed by atoms with E-state index in [0.29, 0.717) is 51.6 Å². The van der Waals surface area contributed by atoms with Crippen LogP contribution in [0.2, 0.25) is 0 Å². The molecule has 4 aromatic carbocycles. The number of hydrogen-bond donors (Lipinski definition) is 2. The van der Waals surface area contributed by atoms with E-state index >= 15 is 0 Å². The minimum atomic E-state index is -0.737. The predicted octanol–water partition coefficient (Wildman–Crippen LogP) is 5.73. The van der Waals surface area contributed by atoms with Crippen molar-refractivity contribution in [1.29, 1.82) is 0 Å². The third-order valence-electron chi connectivity index (χ3n) is 9.26. The summed E-state index contributed by atoms with van der Waals surface area (Å²) >= 11 is 0. The molecule has 1 saturated heterocycles. The smallest absolute Gasteiger partial charge is 0.122 e. The molecule has 6 rings (SSSR count). The van der Waals surface area contributed by atoms with Gasteiger partial charge in [-0.15, -0.1) is 0 Å². The number of rotatable bonds is 19. The van der Waals surface area contributed by atoms with Crippen LogP contribution in [0.4, 0.5) is 0 Å². The van der Waals surface area contributed by atoms with E-state index < -0.39 is 17.6 Å². The Kier molecular flexibility index (Phi) is 11.7. The zero-order valence-corrected chi connectivity index (χ0v) is 28.7. The minimum Gasteiger partial charge on any atom is -0.491 e. The molecule has 0 bridgehead atoms. The molecule has 1 aliphatic carbocycles. The molecule has 3 unspecified atom stereocenters. The zero-order chi connectivity index (χ0) is 34.2. The Morgan fingerprint density at radius 2 is 1.31 bits per heavy atom. The number of fused-ring (bicyclic) bond motifs is 3. The third kappa shape index (κ3) is 7.70. The van der Waals surface area contributed by atoms with Crippen molar-refractivity contribution < 1.29 is 38.6 Å². The lowest BCUT2D eigenvalue weighted by molar-refractivity contribution is 0.0162. The Balaban J connectivity index is 1.50. The van der Waals surface area contributed by atoms with Crippen molar-refractivity contribution in [1.82, 2.24) is 0 Å². The van der Waals surface area contributed by atoms with E-state index in [1.54, 1.807) is 7.11 Å². The van der Waals surface area contributed by atoms with Crippen LogP contribution in [0.3, 0.4) is 0 Å². The molecular weight excluding hydrogens is 620 g/mol. The maximum absolute atomic E-state index is 11.0. The molecule has 8 heteroatoms. The highest BCUT2D eigenvalue weighted by Gasteiger charge is 2.46. The highest BCUT2D eigenvalue weighted by atomic mass is 16.6. The van der Waals surface area contributed by atoms with Gasteiger partial charge in [0.15, 0.2) is 0 Å². The van der Waals surface area contributed by atoms with Gasteiger partial charge in [-0.3, -0.25) is 0 Å². The highest BCUT2D eigenvalue weighted by molar-refractivity contribution is 5.86. The first kappa shape index (κ1) is 35.1. The normalized spacial score (nSPS) is 16.9. The molecule has 2 N–H and O–H groups in total. The average Bonchev–Trinajstić information content (AvgIpc) is 3.92. The van der Waals surface area contributed by atoms with Crippen LogP contribution >= 0.6 is 0 Å². The van der Waals surface area contributed by atoms with Gasteiger partial charge in [0.1, 0.15) is 36.9 Å². The summed E-state index contributed by atoms with van der Waals surface area (Å²) in [4.78, 5) is 0. The number of hydrogen-bond acceptors (Lipinski definition) is 8. The van der Waals surface area contributed by atoms with Gasteiger partial charge in [-0.2, -0.15) is 0 Å². The van der Waals surface area contributed by atoms with Crippen molar-refractivity contribution in [2.45, 2.75) is 50.4 Å². The lowest BCUT2D eigenvalue weighted by Gasteiger charge is -2.35. The second-order valence-electron chi connectivity index (χ2n) is 12.6. The Morgan fingerprint density at radius 1 is 0.735 bits per heavy atom.